The van der Waals surface area contributed by atoms with Crippen molar-refractivity contribution >= 4 is 40.7 Å². The van der Waals surface area contributed by atoms with Gasteiger partial charge < -0.3 is 0 Å². The number of allylic oxidation sites excluding steroid dienone is 2. The van der Waals surface area contributed by atoms with Crippen LogP contribution in [0.3, 0.4) is 0 Å². The van der Waals surface area contributed by atoms with Crippen molar-refractivity contribution in [2.24, 2.45) is 29.1 Å². The van der Waals surface area contributed by atoms with Crippen molar-refractivity contribution in [1.29, 1.82) is 0 Å². The van der Waals surface area contributed by atoms with Gasteiger partial charge in [0, 0.05) is 5.02 Å². The van der Waals surface area contributed by atoms with Gasteiger partial charge in [-0.3, -0.25) is 9.59 Å². The minimum Gasteiger partial charge on any atom is -0.274 e. The normalized spacial score (nSPS) is 36.5. The number of fused-ring (bicyclic) bond motifs is 3. The zero-order valence-electron chi connectivity index (χ0n) is 11.6. The third-order valence-corrected chi connectivity index (χ3v) is 6.56. The van der Waals surface area contributed by atoms with Gasteiger partial charge >= 0.3 is 0 Å². The average molecular weight is 334 g/mol. The van der Waals surface area contributed by atoms with E-state index in [1.54, 1.807) is 18.2 Å². The largest absolute Gasteiger partial charge is 0.274 e. The quantitative estimate of drug-likeness (QED) is 0.580. The van der Waals surface area contributed by atoms with Gasteiger partial charge in [-0.2, -0.15) is 0 Å². The monoisotopic (exact) mass is 333 g/mol. The molecule has 1 aromatic rings. The van der Waals surface area contributed by atoms with E-state index >= 15 is 0 Å². The van der Waals surface area contributed by atoms with E-state index < -0.39 is 0 Å². The summed E-state index contributed by atoms with van der Waals surface area (Å²) in [4.78, 5) is 27.1. The van der Waals surface area contributed by atoms with Crippen LogP contribution in [-0.4, -0.2) is 11.8 Å². The Labute approximate surface area is 137 Å². The van der Waals surface area contributed by atoms with Crippen LogP contribution < -0.4 is 4.90 Å². The van der Waals surface area contributed by atoms with Crippen LogP contribution in [0.4, 0.5) is 5.69 Å². The molecule has 3 fully saturated rings. The molecule has 2 amide bonds. The Morgan fingerprint density at radius 2 is 1.59 bits per heavy atom. The fraction of sp³-hybridized carbons (Fsp3) is 0.412. The number of nitrogens with zero attached hydrogens (tertiary/aromatic N) is 1. The van der Waals surface area contributed by atoms with Gasteiger partial charge in [-0.15, -0.1) is 0 Å². The summed E-state index contributed by atoms with van der Waals surface area (Å²) in [5.41, 5.74) is 0.632. The molecule has 3 nitrogen and oxygen atoms in total. The molecule has 22 heavy (non-hydrogen) atoms. The minimum absolute atomic E-state index is 0.109. The van der Waals surface area contributed by atoms with Crippen molar-refractivity contribution in [3.05, 3.63) is 40.4 Å². The summed E-state index contributed by atoms with van der Waals surface area (Å²) in [5, 5.41) is 0.851. The van der Waals surface area contributed by atoms with Crippen molar-refractivity contribution in [3.63, 3.8) is 0 Å². The lowest BCUT2D eigenvalue weighted by atomic mass is 9.85. The number of halogens is 2. The molecule has 2 bridgehead atoms. The molecule has 0 radical (unpaired) electrons. The summed E-state index contributed by atoms with van der Waals surface area (Å²) in [6, 6.07) is 4.88. The van der Waals surface area contributed by atoms with Crippen LogP contribution in [-0.2, 0) is 9.59 Å². The maximum atomic E-state index is 12.9. The van der Waals surface area contributed by atoms with E-state index in [2.05, 4.69) is 12.2 Å². The zero-order chi connectivity index (χ0) is 15.2. The number of anilines is 1. The molecule has 2 saturated carbocycles. The Morgan fingerprint density at radius 3 is 2.14 bits per heavy atom. The molecule has 0 aromatic heterocycles. The Bertz CT molecular complexity index is 734. The molecule has 1 aromatic carbocycles. The van der Waals surface area contributed by atoms with Crippen LogP contribution in [0, 0.1) is 29.1 Å². The Morgan fingerprint density at radius 1 is 1.00 bits per heavy atom. The predicted octanol–water partition coefficient (Wildman–Crippen LogP) is 3.70. The summed E-state index contributed by atoms with van der Waals surface area (Å²) < 4.78 is 0. The molecule has 4 aliphatic rings. The van der Waals surface area contributed by atoms with Crippen molar-refractivity contribution < 1.29 is 9.59 Å². The average Bonchev–Trinajstić information content (AvgIpc) is 3.08. The molecule has 1 aliphatic heterocycles. The second-order valence-electron chi connectivity index (χ2n) is 6.83. The van der Waals surface area contributed by atoms with Crippen LogP contribution in [0.5, 0.6) is 0 Å². The first kappa shape index (κ1) is 13.1. The molecule has 1 saturated heterocycles. The standard InChI is InChI=1S/C17H13Cl2NO2/c18-8-1-4-11(19)12(7-8)20-15(21)13-9-2-3-10(14(13)16(20)22)17(9)5-6-17/h1-4,7,9-10,13-14H,5-6H2/t9-,10-,13-,14+/m1/s1. The highest BCUT2D eigenvalue weighted by molar-refractivity contribution is 6.37. The van der Waals surface area contributed by atoms with Crippen molar-refractivity contribution in [2.75, 3.05) is 4.90 Å². The summed E-state index contributed by atoms with van der Waals surface area (Å²) in [7, 11) is 0. The number of hydrogen-bond donors (Lipinski definition) is 0. The number of imide groups is 1. The predicted molar refractivity (Wildman–Crippen MR) is 83.7 cm³/mol. The second-order valence-corrected chi connectivity index (χ2v) is 7.67. The van der Waals surface area contributed by atoms with Gasteiger partial charge in [0.15, 0.2) is 0 Å². The van der Waals surface area contributed by atoms with Gasteiger partial charge in [-0.05, 0) is 48.3 Å². The van der Waals surface area contributed by atoms with Crippen LogP contribution in [0.25, 0.3) is 0 Å². The SMILES string of the molecule is O=C1[C@@H]2[C@H](C(=O)N1c1cc(Cl)ccc1Cl)[C@H]1C=C[C@H]2C12CC2. The number of carbonyl (C=O) groups is 2. The molecular formula is C17H13Cl2NO2. The smallest absolute Gasteiger partial charge is 0.238 e. The van der Waals surface area contributed by atoms with E-state index in [-0.39, 0.29) is 40.9 Å². The first-order chi connectivity index (χ1) is 10.5. The summed E-state index contributed by atoms with van der Waals surface area (Å²) in [6.45, 7) is 0. The van der Waals surface area contributed by atoms with Crippen molar-refractivity contribution in [1.82, 2.24) is 0 Å². The van der Waals surface area contributed by atoms with Crippen LogP contribution in [0.15, 0.2) is 30.4 Å². The van der Waals surface area contributed by atoms with E-state index in [1.165, 1.54) is 4.90 Å². The highest BCUT2D eigenvalue weighted by Gasteiger charge is 2.73. The first-order valence-electron chi connectivity index (χ1n) is 7.56. The molecule has 5 heteroatoms. The molecule has 0 N–H and O–H groups in total. The Kier molecular flexibility index (Phi) is 2.36. The zero-order valence-corrected chi connectivity index (χ0v) is 13.1. The molecule has 1 spiro atoms. The van der Waals surface area contributed by atoms with E-state index in [4.69, 9.17) is 23.2 Å². The van der Waals surface area contributed by atoms with E-state index in [0.717, 1.165) is 12.8 Å². The number of rotatable bonds is 1. The number of carbonyl (C=O) groups excluding carboxylic acids is 2. The maximum absolute atomic E-state index is 12.9. The lowest BCUT2D eigenvalue weighted by molar-refractivity contribution is -0.123. The molecule has 0 unspecified atom stereocenters. The van der Waals surface area contributed by atoms with E-state index in [0.29, 0.717) is 15.7 Å². The third-order valence-electron chi connectivity index (χ3n) is 6.00. The summed E-state index contributed by atoms with van der Waals surface area (Å²) >= 11 is 12.2. The van der Waals surface area contributed by atoms with Crippen LogP contribution in [0.1, 0.15) is 12.8 Å². The van der Waals surface area contributed by atoms with Gasteiger partial charge in [0.05, 0.1) is 22.5 Å². The minimum atomic E-state index is -0.208. The van der Waals surface area contributed by atoms with Gasteiger partial charge in [-0.25, -0.2) is 4.90 Å². The van der Waals surface area contributed by atoms with E-state index in [9.17, 15) is 9.59 Å². The van der Waals surface area contributed by atoms with Crippen molar-refractivity contribution in [2.45, 2.75) is 12.8 Å². The van der Waals surface area contributed by atoms with Crippen LogP contribution in [0.2, 0.25) is 10.0 Å². The fourth-order valence-electron chi connectivity index (χ4n) is 4.97. The van der Waals surface area contributed by atoms with Gasteiger partial charge in [0.2, 0.25) is 11.8 Å². The molecular weight excluding hydrogens is 321 g/mol. The Hall–Kier alpha value is -1.32. The highest BCUT2D eigenvalue weighted by Crippen LogP contribution is 2.73. The highest BCUT2D eigenvalue weighted by atomic mass is 35.5. The lowest BCUT2D eigenvalue weighted by Gasteiger charge is -2.22. The second kappa shape index (κ2) is 3.95. The fourth-order valence-corrected chi connectivity index (χ4v) is 5.34. The van der Waals surface area contributed by atoms with Crippen LogP contribution >= 0.6 is 23.2 Å². The maximum Gasteiger partial charge on any atom is 0.238 e. The van der Waals surface area contributed by atoms with Gasteiger partial charge in [-0.1, -0.05) is 35.4 Å². The molecule has 112 valence electrons. The van der Waals surface area contributed by atoms with E-state index in [1.807, 2.05) is 0 Å². The van der Waals surface area contributed by atoms with Crippen molar-refractivity contribution in [3.8, 4) is 0 Å². The number of hydrogen-bond acceptors (Lipinski definition) is 2. The van der Waals surface area contributed by atoms with Gasteiger partial charge in [0.1, 0.15) is 0 Å². The lowest BCUT2D eigenvalue weighted by Crippen LogP contribution is -2.34. The number of benzene rings is 1. The molecule has 4 atom stereocenters. The molecule has 1 heterocycles. The topological polar surface area (TPSA) is 37.4 Å². The summed E-state index contributed by atoms with van der Waals surface area (Å²) in [5.74, 6) is -0.187. The third kappa shape index (κ3) is 1.35. The Balaban J connectivity index is 1.61. The van der Waals surface area contributed by atoms with Gasteiger partial charge in [0.25, 0.3) is 0 Å². The molecule has 3 aliphatic carbocycles. The first-order valence-corrected chi connectivity index (χ1v) is 8.31. The number of amides is 2. The molecule has 5 rings (SSSR count). The summed E-state index contributed by atoms with van der Waals surface area (Å²) in [6.07, 6.45) is 6.60.